The van der Waals surface area contributed by atoms with Crippen molar-refractivity contribution in [2.75, 3.05) is 6.54 Å². The molecule has 130 valence electrons. The highest BCUT2D eigenvalue weighted by Crippen LogP contribution is 2.20. The standard InChI is InChI=1S/C23H21NO2/c1-17(25)19-7-9-20(10-8-19)21-11-13-22(14-12-21)23(26)24-16-15-18-5-3-2-4-6-18/h2-14H,15-16H2,1H3,(H,24,26). The van der Waals surface area contributed by atoms with E-state index < -0.39 is 0 Å². The lowest BCUT2D eigenvalue weighted by Crippen LogP contribution is -2.25. The molecule has 0 saturated heterocycles. The van der Waals surface area contributed by atoms with Gasteiger partial charge < -0.3 is 5.32 Å². The largest absolute Gasteiger partial charge is 0.352 e. The molecule has 3 nitrogen and oxygen atoms in total. The monoisotopic (exact) mass is 343 g/mol. The van der Waals surface area contributed by atoms with Gasteiger partial charge in [0.1, 0.15) is 0 Å². The highest BCUT2D eigenvalue weighted by Gasteiger charge is 2.06. The fraction of sp³-hybridized carbons (Fsp3) is 0.130. The second-order valence-electron chi connectivity index (χ2n) is 6.20. The number of hydrogen-bond acceptors (Lipinski definition) is 2. The zero-order valence-electron chi connectivity index (χ0n) is 14.7. The smallest absolute Gasteiger partial charge is 0.251 e. The Hall–Kier alpha value is -3.20. The molecular weight excluding hydrogens is 322 g/mol. The molecule has 1 amide bonds. The SMILES string of the molecule is CC(=O)c1ccc(-c2ccc(C(=O)NCCc3ccccc3)cc2)cc1. The van der Waals surface area contributed by atoms with Gasteiger partial charge in [0.15, 0.2) is 5.78 Å². The van der Waals surface area contributed by atoms with Gasteiger partial charge in [0, 0.05) is 17.7 Å². The molecule has 0 atom stereocenters. The predicted molar refractivity (Wildman–Crippen MR) is 104 cm³/mol. The molecule has 0 aliphatic carbocycles. The van der Waals surface area contributed by atoms with Crippen LogP contribution in [0.2, 0.25) is 0 Å². The van der Waals surface area contributed by atoms with E-state index in [0.717, 1.165) is 17.5 Å². The fourth-order valence-corrected chi connectivity index (χ4v) is 2.78. The molecule has 0 radical (unpaired) electrons. The molecule has 3 aromatic carbocycles. The molecule has 0 heterocycles. The Bertz CT molecular complexity index is 882. The number of benzene rings is 3. The number of nitrogens with one attached hydrogen (secondary N) is 1. The molecule has 0 spiro atoms. The number of ketones is 1. The Labute approximate surface area is 153 Å². The molecule has 3 aromatic rings. The first-order valence-electron chi connectivity index (χ1n) is 8.67. The Balaban J connectivity index is 1.59. The van der Waals surface area contributed by atoms with Crippen LogP contribution in [0.5, 0.6) is 0 Å². The van der Waals surface area contributed by atoms with Crippen LogP contribution < -0.4 is 5.32 Å². The van der Waals surface area contributed by atoms with E-state index in [1.54, 1.807) is 6.92 Å². The minimum atomic E-state index is -0.0700. The number of carbonyl (C=O) groups is 2. The molecule has 3 rings (SSSR count). The first-order chi connectivity index (χ1) is 12.6. The van der Waals surface area contributed by atoms with E-state index in [2.05, 4.69) is 17.4 Å². The Kier molecular flexibility index (Phi) is 5.59. The molecule has 3 heteroatoms. The van der Waals surface area contributed by atoms with E-state index >= 15 is 0 Å². The van der Waals surface area contributed by atoms with E-state index in [-0.39, 0.29) is 11.7 Å². The zero-order valence-corrected chi connectivity index (χ0v) is 14.7. The summed E-state index contributed by atoms with van der Waals surface area (Å²) in [6.45, 7) is 2.16. The van der Waals surface area contributed by atoms with Gasteiger partial charge in [-0.2, -0.15) is 0 Å². The molecule has 0 bridgehead atoms. The summed E-state index contributed by atoms with van der Waals surface area (Å²) in [5.74, 6) is -0.0153. The molecule has 0 unspecified atom stereocenters. The highest BCUT2D eigenvalue weighted by molar-refractivity contribution is 5.95. The second kappa shape index (κ2) is 8.26. The predicted octanol–water partition coefficient (Wildman–Crippen LogP) is 4.53. The van der Waals surface area contributed by atoms with E-state index in [1.165, 1.54) is 5.56 Å². The summed E-state index contributed by atoms with van der Waals surface area (Å²) in [7, 11) is 0. The second-order valence-corrected chi connectivity index (χ2v) is 6.20. The van der Waals surface area contributed by atoms with Crippen LogP contribution in [0.15, 0.2) is 78.9 Å². The quantitative estimate of drug-likeness (QED) is 0.669. The van der Waals surface area contributed by atoms with E-state index in [4.69, 9.17) is 0 Å². The third-order valence-corrected chi connectivity index (χ3v) is 4.31. The van der Waals surface area contributed by atoms with Gasteiger partial charge in [-0.25, -0.2) is 0 Å². The lowest BCUT2D eigenvalue weighted by atomic mass is 10.0. The van der Waals surface area contributed by atoms with Crippen molar-refractivity contribution in [1.29, 1.82) is 0 Å². The van der Waals surface area contributed by atoms with Crippen molar-refractivity contribution in [3.63, 3.8) is 0 Å². The summed E-state index contributed by atoms with van der Waals surface area (Å²) in [6.07, 6.45) is 0.813. The Morgan fingerprint density at radius 1 is 0.731 bits per heavy atom. The summed E-state index contributed by atoms with van der Waals surface area (Å²) >= 11 is 0. The first kappa shape index (κ1) is 17.6. The zero-order chi connectivity index (χ0) is 18.4. The van der Waals surface area contributed by atoms with Gasteiger partial charge in [0.2, 0.25) is 0 Å². The lowest BCUT2D eigenvalue weighted by molar-refractivity contribution is 0.0953. The number of amides is 1. The number of rotatable bonds is 6. The summed E-state index contributed by atoms with van der Waals surface area (Å²) in [5.41, 5.74) is 4.58. The highest BCUT2D eigenvalue weighted by atomic mass is 16.1. The molecule has 0 aliphatic rings. The van der Waals surface area contributed by atoms with Gasteiger partial charge in [0.25, 0.3) is 5.91 Å². The van der Waals surface area contributed by atoms with Crippen molar-refractivity contribution in [3.05, 3.63) is 95.6 Å². The van der Waals surface area contributed by atoms with Crippen LogP contribution in [0, 0.1) is 0 Å². The van der Waals surface area contributed by atoms with Gasteiger partial charge in [-0.3, -0.25) is 9.59 Å². The lowest BCUT2D eigenvalue weighted by Gasteiger charge is -2.07. The molecule has 26 heavy (non-hydrogen) atoms. The topological polar surface area (TPSA) is 46.2 Å². The van der Waals surface area contributed by atoms with Gasteiger partial charge in [-0.15, -0.1) is 0 Å². The number of Topliss-reactive ketones (excluding diaryl/α,β-unsaturated/α-hetero) is 1. The molecular formula is C23H21NO2. The van der Waals surface area contributed by atoms with Gasteiger partial charge in [-0.1, -0.05) is 66.7 Å². The number of carbonyl (C=O) groups excluding carboxylic acids is 2. The average molecular weight is 343 g/mol. The van der Waals surface area contributed by atoms with Crippen LogP contribution in [-0.4, -0.2) is 18.2 Å². The maximum atomic E-state index is 12.3. The first-order valence-corrected chi connectivity index (χ1v) is 8.67. The molecule has 0 aromatic heterocycles. The van der Waals surface area contributed by atoms with E-state index in [9.17, 15) is 9.59 Å². The Morgan fingerprint density at radius 2 is 1.27 bits per heavy atom. The molecule has 0 saturated carbocycles. The Morgan fingerprint density at radius 3 is 1.81 bits per heavy atom. The normalized spacial score (nSPS) is 10.3. The minimum absolute atomic E-state index is 0.0547. The summed E-state index contributed by atoms with van der Waals surface area (Å²) in [5, 5.41) is 2.95. The van der Waals surface area contributed by atoms with Crippen LogP contribution >= 0.6 is 0 Å². The van der Waals surface area contributed by atoms with Crippen molar-refractivity contribution in [2.24, 2.45) is 0 Å². The van der Waals surface area contributed by atoms with Crippen molar-refractivity contribution in [1.82, 2.24) is 5.32 Å². The van der Waals surface area contributed by atoms with E-state index in [0.29, 0.717) is 17.7 Å². The van der Waals surface area contributed by atoms with Crippen LogP contribution in [0.4, 0.5) is 0 Å². The third-order valence-electron chi connectivity index (χ3n) is 4.31. The van der Waals surface area contributed by atoms with Gasteiger partial charge in [-0.05, 0) is 42.2 Å². The average Bonchev–Trinajstić information content (AvgIpc) is 2.69. The minimum Gasteiger partial charge on any atom is -0.352 e. The molecule has 1 N–H and O–H groups in total. The molecule has 0 fully saturated rings. The summed E-state index contributed by atoms with van der Waals surface area (Å²) in [6, 6.07) is 25.1. The fourth-order valence-electron chi connectivity index (χ4n) is 2.78. The van der Waals surface area contributed by atoms with Crippen molar-refractivity contribution < 1.29 is 9.59 Å². The van der Waals surface area contributed by atoms with Crippen LogP contribution in [0.3, 0.4) is 0 Å². The van der Waals surface area contributed by atoms with Crippen LogP contribution in [0.1, 0.15) is 33.2 Å². The number of hydrogen-bond donors (Lipinski definition) is 1. The maximum absolute atomic E-state index is 12.3. The molecule has 0 aliphatic heterocycles. The van der Waals surface area contributed by atoms with Gasteiger partial charge in [0.05, 0.1) is 0 Å². The van der Waals surface area contributed by atoms with Crippen LogP contribution in [0.25, 0.3) is 11.1 Å². The van der Waals surface area contributed by atoms with Crippen LogP contribution in [-0.2, 0) is 6.42 Å². The van der Waals surface area contributed by atoms with E-state index in [1.807, 2.05) is 66.7 Å². The van der Waals surface area contributed by atoms with Crippen molar-refractivity contribution in [2.45, 2.75) is 13.3 Å². The van der Waals surface area contributed by atoms with Crippen molar-refractivity contribution in [3.8, 4) is 11.1 Å². The maximum Gasteiger partial charge on any atom is 0.251 e. The van der Waals surface area contributed by atoms with Gasteiger partial charge >= 0.3 is 0 Å². The third kappa shape index (κ3) is 4.45. The summed E-state index contributed by atoms with van der Waals surface area (Å²) < 4.78 is 0. The van der Waals surface area contributed by atoms with Crippen molar-refractivity contribution >= 4 is 11.7 Å². The summed E-state index contributed by atoms with van der Waals surface area (Å²) in [4.78, 5) is 23.6.